The van der Waals surface area contributed by atoms with Crippen LogP contribution in [0.2, 0.25) is 0 Å². The molecule has 4 aromatic rings. The monoisotopic (exact) mass is 330 g/mol. The minimum atomic E-state index is -0.232. The van der Waals surface area contributed by atoms with E-state index in [2.05, 4.69) is 20.3 Å². The maximum atomic E-state index is 12.3. The van der Waals surface area contributed by atoms with E-state index in [1.54, 1.807) is 42.9 Å². The molecule has 6 heteroatoms. The summed E-state index contributed by atoms with van der Waals surface area (Å²) in [6.45, 7) is 0. The van der Waals surface area contributed by atoms with Crippen LogP contribution in [0.5, 0.6) is 5.75 Å². The normalized spacial score (nSPS) is 10.7. The Balaban J connectivity index is 1.69. The van der Waals surface area contributed by atoms with Gasteiger partial charge in [-0.05, 0) is 35.9 Å². The molecule has 0 aliphatic heterocycles. The van der Waals surface area contributed by atoms with Crippen LogP contribution in [0.25, 0.3) is 22.2 Å². The molecule has 4 rings (SSSR count). The number of hydrogen-bond acceptors (Lipinski definition) is 4. The molecular formula is C19H14N4O2. The zero-order valence-corrected chi connectivity index (χ0v) is 13.1. The Morgan fingerprint density at radius 2 is 1.92 bits per heavy atom. The van der Waals surface area contributed by atoms with Gasteiger partial charge >= 0.3 is 0 Å². The maximum Gasteiger partial charge on any atom is 0.257 e. The number of nitrogens with one attached hydrogen (secondary N) is 2. The van der Waals surface area contributed by atoms with Crippen molar-refractivity contribution < 1.29 is 9.90 Å². The predicted molar refractivity (Wildman–Crippen MR) is 95.4 cm³/mol. The number of hydrogen-bond donors (Lipinski definition) is 3. The summed E-state index contributed by atoms with van der Waals surface area (Å²) in [5.74, 6) is -0.0205. The van der Waals surface area contributed by atoms with Gasteiger partial charge in [0.05, 0.1) is 11.3 Å². The van der Waals surface area contributed by atoms with Crippen LogP contribution in [-0.2, 0) is 0 Å². The Kier molecular flexibility index (Phi) is 3.63. The van der Waals surface area contributed by atoms with E-state index in [1.807, 2.05) is 18.2 Å². The standard InChI is InChI=1S/C19H14N4O2/c24-15-5-3-12(4-6-15)14-8-16-17(11-22-18(16)21-10-14)23-19(25)13-2-1-7-20-9-13/h1-11,24H,(H,21,22)(H,23,25). The lowest BCUT2D eigenvalue weighted by Crippen LogP contribution is -2.11. The molecule has 0 saturated carbocycles. The average molecular weight is 330 g/mol. The fourth-order valence-electron chi connectivity index (χ4n) is 2.61. The van der Waals surface area contributed by atoms with Gasteiger partial charge in [-0.1, -0.05) is 12.1 Å². The smallest absolute Gasteiger partial charge is 0.257 e. The molecular weight excluding hydrogens is 316 g/mol. The SMILES string of the molecule is O=C(Nc1c[nH]c2ncc(-c3ccc(O)cc3)cc12)c1cccnc1. The molecule has 0 fully saturated rings. The first-order chi connectivity index (χ1) is 12.2. The average Bonchev–Trinajstić information content (AvgIpc) is 3.05. The fraction of sp³-hybridized carbons (Fsp3) is 0. The zero-order chi connectivity index (χ0) is 17.2. The van der Waals surface area contributed by atoms with Crippen LogP contribution in [0.1, 0.15) is 10.4 Å². The lowest BCUT2D eigenvalue weighted by Gasteiger charge is -2.05. The lowest BCUT2D eigenvalue weighted by atomic mass is 10.1. The summed E-state index contributed by atoms with van der Waals surface area (Å²) in [5, 5.41) is 13.1. The van der Waals surface area contributed by atoms with Gasteiger partial charge in [0, 0.05) is 35.7 Å². The molecule has 0 saturated heterocycles. The molecule has 0 radical (unpaired) electrons. The number of rotatable bonds is 3. The molecule has 3 aromatic heterocycles. The molecule has 122 valence electrons. The van der Waals surface area contributed by atoms with Crippen LogP contribution in [0.15, 0.2) is 67.3 Å². The highest BCUT2D eigenvalue weighted by atomic mass is 16.3. The first-order valence-electron chi connectivity index (χ1n) is 7.68. The lowest BCUT2D eigenvalue weighted by molar-refractivity contribution is 0.102. The van der Waals surface area contributed by atoms with Crippen molar-refractivity contribution >= 4 is 22.6 Å². The number of fused-ring (bicyclic) bond motifs is 1. The van der Waals surface area contributed by atoms with Crippen molar-refractivity contribution in [2.75, 3.05) is 5.32 Å². The predicted octanol–water partition coefficient (Wildman–Crippen LogP) is 3.58. The van der Waals surface area contributed by atoms with Gasteiger partial charge in [0.2, 0.25) is 0 Å². The third-order valence-corrected chi connectivity index (χ3v) is 3.90. The molecule has 0 unspecified atom stereocenters. The van der Waals surface area contributed by atoms with Crippen LogP contribution >= 0.6 is 0 Å². The second-order valence-electron chi connectivity index (χ2n) is 5.57. The summed E-state index contributed by atoms with van der Waals surface area (Å²) in [6, 6.07) is 12.3. The van der Waals surface area contributed by atoms with E-state index in [9.17, 15) is 9.90 Å². The van der Waals surface area contributed by atoms with Gasteiger partial charge in [-0.15, -0.1) is 0 Å². The molecule has 1 aromatic carbocycles. The molecule has 0 bridgehead atoms. The third kappa shape index (κ3) is 2.92. The zero-order valence-electron chi connectivity index (χ0n) is 13.1. The number of nitrogens with zero attached hydrogens (tertiary/aromatic N) is 2. The summed E-state index contributed by atoms with van der Waals surface area (Å²) in [6.07, 6.45) is 6.60. The summed E-state index contributed by atoms with van der Waals surface area (Å²) in [4.78, 5) is 23.7. The first kappa shape index (κ1) is 14.9. The second-order valence-corrected chi connectivity index (χ2v) is 5.57. The topological polar surface area (TPSA) is 90.9 Å². The van der Waals surface area contributed by atoms with Gasteiger partial charge in [-0.25, -0.2) is 4.98 Å². The fourth-order valence-corrected chi connectivity index (χ4v) is 2.61. The van der Waals surface area contributed by atoms with E-state index in [4.69, 9.17) is 0 Å². The number of phenols is 1. The summed E-state index contributed by atoms with van der Waals surface area (Å²) in [5.41, 5.74) is 3.64. The Labute approximate surface area is 143 Å². The van der Waals surface area contributed by atoms with Crippen molar-refractivity contribution in [3.63, 3.8) is 0 Å². The number of aromatic hydroxyl groups is 1. The second kappa shape index (κ2) is 6.09. The summed E-state index contributed by atoms with van der Waals surface area (Å²) in [7, 11) is 0. The molecule has 3 N–H and O–H groups in total. The molecule has 3 heterocycles. The molecule has 0 aliphatic rings. The van der Waals surface area contributed by atoms with Crippen molar-refractivity contribution in [1.29, 1.82) is 0 Å². The molecule has 0 spiro atoms. The number of benzene rings is 1. The van der Waals surface area contributed by atoms with E-state index in [1.165, 1.54) is 6.20 Å². The highest BCUT2D eigenvalue weighted by molar-refractivity contribution is 6.08. The molecule has 1 amide bonds. The Hall–Kier alpha value is -3.67. The number of phenolic OH excluding ortho intramolecular Hbond substituents is 1. The van der Waals surface area contributed by atoms with E-state index >= 15 is 0 Å². The van der Waals surface area contributed by atoms with Crippen LogP contribution in [0.4, 0.5) is 5.69 Å². The van der Waals surface area contributed by atoms with Crippen LogP contribution in [0.3, 0.4) is 0 Å². The van der Waals surface area contributed by atoms with Crippen molar-refractivity contribution in [3.05, 3.63) is 72.8 Å². The van der Waals surface area contributed by atoms with Gasteiger partial charge in [0.1, 0.15) is 11.4 Å². The largest absolute Gasteiger partial charge is 0.508 e. The quantitative estimate of drug-likeness (QED) is 0.535. The molecule has 25 heavy (non-hydrogen) atoms. The van der Waals surface area contributed by atoms with Crippen LogP contribution < -0.4 is 5.32 Å². The van der Waals surface area contributed by atoms with Gasteiger partial charge in [0.15, 0.2) is 0 Å². The van der Waals surface area contributed by atoms with Gasteiger partial charge < -0.3 is 15.4 Å². The highest BCUT2D eigenvalue weighted by Crippen LogP contribution is 2.28. The number of aromatic amines is 1. The number of carbonyl (C=O) groups excluding carboxylic acids is 1. The molecule has 0 atom stereocenters. The summed E-state index contributed by atoms with van der Waals surface area (Å²) < 4.78 is 0. The van der Waals surface area contributed by atoms with E-state index in [0.29, 0.717) is 16.9 Å². The van der Waals surface area contributed by atoms with Gasteiger partial charge in [0.25, 0.3) is 5.91 Å². The molecule has 6 nitrogen and oxygen atoms in total. The van der Waals surface area contributed by atoms with Gasteiger partial charge in [-0.2, -0.15) is 0 Å². The Morgan fingerprint density at radius 1 is 1.08 bits per heavy atom. The minimum absolute atomic E-state index is 0.212. The number of aromatic nitrogens is 3. The van der Waals surface area contributed by atoms with Gasteiger partial charge in [-0.3, -0.25) is 9.78 Å². The number of anilines is 1. The van der Waals surface area contributed by atoms with E-state index in [0.717, 1.165) is 16.5 Å². The number of pyridine rings is 2. The summed E-state index contributed by atoms with van der Waals surface area (Å²) >= 11 is 0. The van der Waals surface area contributed by atoms with Crippen molar-refractivity contribution in [1.82, 2.24) is 15.0 Å². The Morgan fingerprint density at radius 3 is 2.68 bits per heavy atom. The van der Waals surface area contributed by atoms with Crippen molar-refractivity contribution in [3.8, 4) is 16.9 Å². The third-order valence-electron chi connectivity index (χ3n) is 3.90. The number of amides is 1. The van der Waals surface area contributed by atoms with E-state index < -0.39 is 0 Å². The highest BCUT2D eigenvalue weighted by Gasteiger charge is 2.11. The number of H-pyrrole nitrogens is 1. The van der Waals surface area contributed by atoms with Crippen molar-refractivity contribution in [2.45, 2.75) is 0 Å². The Bertz CT molecular complexity index is 1040. The van der Waals surface area contributed by atoms with Crippen LogP contribution in [-0.4, -0.2) is 26.0 Å². The van der Waals surface area contributed by atoms with Crippen LogP contribution in [0, 0.1) is 0 Å². The maximum absolute atomic E-state index is 12.3. The first-order valence-corrected chi connectivity index (χ1v) is 7.68. The van der Waals surface area contributed by atoms with Crippen molar-refractivity contribution in [2.24, 2.45) is 0 Å². The van der Waals surface area contributed by atoms with E-state index in [-0.39, 0.29) is 11.7 Å². The molecule has 0 aliphatic carbocycles. The minimum Gasteiger partial charge on any atom is -0.508 e. The number of carbonyl (C=O) groups is 1.